The van der Waals surface area contributed by atoms with Crippen LogP contribution < -0.4 is 10.6 Å². The molecule has 0 aliphatic rings. The van der Waals surface area contributed by atoms with Gasteiger partial charge in [-0.15, -0.1) is 6.42 Å². The van der Waals surface area contributed by atoms with Crippen molar-refractivity contribution in [2.24, 2.45) is 0 Å². The molecule has 0 fully saturated rings. The highest BCUT2D eigenvalue weighted by molar-refractivity contribution is 5.92. The first kappa shape index (κ1) is 29.0. The highest BCUT2D eigenvalue weighted by Crippen LogP contribution is 2.26. The van der Waals surface area contributed by atoms with Crippen LogP contribution in [0.5, 0.6) is 0 Å². The first-order chi connectivity index (χ1) is 16.0. The van der Waals surface area contributed by atoms with Gasteiger partial charge in [-0.3, -0.25) is 9.59 Å². The molecule has 0 bridgehead atoms. The number of hydrogen-bond acceptors (Lipinski definition) is 5. The Morgan fingerprint density at radius 3 is 2.32 bits per heavy atom. The molecule has 0 radical (unpaired) electrons. The summed E-state index contributed by atoms with van der Waals surface area (Å²) in [4.78, 5) is 40.7. The number of rotatable bonds is 11. The van der Waals surface area contributed by atoms with Crippen molar-refractivity contribution in [2.45, 2.75) is 84.5 Å². The van der Waals surface area contributed by atoms with E-state index in [-0.39, 0.29) is 18.5 Å². The number of carbonyl (C=O) groups excluding carboxylic acids is 3. The average Bonchev–Trinajstić information content (AvgIpc) is 2.75. The van der Waals surface area contributed by atoms with Crippen molar-refractivity contribution in [3.63, 3.8) is 0 Å². The van der Waals surface area contributed by atoms with Gasteiger partial charge in [0.05, 0.1) is 6.61 Å². The van der Waals surface area contributed by atoms with Crippen LogP contribution in [0.25, 0.3) is 0 Å². The van der Waals surface area contributed by atoms with Crippen LogP contribution in [0.4, 0.5) is 4.79 Å². The van der Waals surface area contributed by atoms with Gasteiger partial charge in [-0.05, 0) is 52.2 Å². The number of nitrogens with one attached hydrogen (secondary N) is 2. The van der Waals surface area contributed by atoms with Crippen molar-refractivity contribution in [1.29, 1.82) is 0 Å². The lowest BCUT2D eigenvalue weighted by Crippen LogP contribution is -2.55. The van der Waals surface area contributed by atoms with Crippen LogP contribution in [0.3, 0.4) is 0 Å². The lowest BCUT2D eigenvalue weighted by Gasteiger charge is -2.35. The fourth-order valence-electron chi connectivity index (χ4n) is 3.59. The summed E-state index contributed by atoms with van der Waals surface area (Å²) in [6.07, 6.45) is 7.07. The monoisotopic (exact) mass is 473 g/mol. The number of aliphatic hydroxyl groups is 1. The summed E-state index contributed by atoms with van der Waals surface area (Å²) in [6.45, 7) is 10.4. The van der Waals surface area contributed by atoms with Crippen LogP contribution >= 0.6 is 0 Å². The van der Waals surface area contributed by atoms with E-state index in [0.29, 0.717) is 17.5 Å². The fraction of sp³-hybridized carbons (Fsp3) is 0.577. The maximum Gasteiger partial charge on any atom is 0.408 e. The Morgan fingerprint density at radius 1 is 1.15 bits per heavy atom. The van der Waals surface area contributed by atoms with Gasteiger partial charge in [0.2, 0.25) is 11.8 Å². The summed E-state index contributed by atoms with van der Waals surface area (Å²) < 4.78 is 5.23. The normalized spacial score (nSPS) is 13.7. The van der Waals surface area contributed by atoms with E-state index in [1.165, 1.54) is 4.90 Å². The van der Waals surface area contributed by atoms with Gasteiger partial charge in [0.15, 0.2) is 0 Å². The van der Waals surface area contributed by atoms with Crippen LogP contribution in [0.15, 0.2) is 24.3 Å². The van der Waals surface area contributed by atoms with E-state index in [0.717, 1.165) is 12.8 Å². The molecule has 8 nitrogen and oxygen atoms in total. The second-order valence-corrected chi connectivity index (χ2v) is 9.25. The topological polar surface area (TPSA) is 108 Å². The van der Waals surface area contributed by atoms with Gasteiger partial charge in [-0.1, -0.05) is 44.4 Å². The minimum absolute atomic E-state index is 0.106. The largest absolute Gasteiger partial charge is 0.444 e. The number of ether oxygens (including phenoxy) is 1. The van der Waals surface area contributed by atoms with Crippen molar-refractivity contribution in [1.82, 2.24) is 15.5 Å². The molecule has 0 heterocycles. The Morgan fingerprint density at radius 2 is 1.79 bits per heavy atom. The summed E-state index contributed by atoms with van der Waals surface area (Å²) >= 11 is 0. The van der Waals surface area contributed by atoms with Crippen LogP contribution in [-0.2, 0) is 14.3 Å². The summed E-state index contributed by atoms with van der Waals surface area (Å²) in [5.74, 6) is 1.61. The summed E-state index contributed by atoms with van der Waals surface area (Å²) in [5.41, 5.74) is 0.210. The van der Waals surface area contributed by atoms with E-state index in [9.17, 15) is 19.5 Å². The number of nitrogens with zero attached hydrogens (tertiary/aromatic N) is 1. The van der Waals surface area contributed by atoms with E-state index in [4.69, 9.17) is 11.2 Å². The number of aliphatic hydroxyl groups excluding tert-OH is 1. The standard InChI is InChI=1S/C26H39N3O5/c1-8-13-18(4)27-23(31)22(20-15-12-11-14-19(20)10-3)29(16-9-2)24(32)21(17-30)28-25(33)34-26(5,6)7/h3,11-12,14-15,18,21-22,30H,8-9,13,16-17H2,1-2,4-7H3,(H,27,31)(H,28,33). The number of benzene rings is 1. The molecule has 1 aromatic carbocycles. The van der Waals surface area contributed by atoms with Crippen molar-refractivity contribution in [3.05, 3.63) is 35.4 Å². The van der Waals surface area contributed by atoms with E-state index in [1.54, 1.807) is 45.0 Å². The first-order valence-corrected chi connectivity index (χ1v) is 11.8. The quantitative estimate of drug-likeness (QED) is 0.428. The molecule has 3 atom stereocenters. The molecule has 0 aliphatic heterocycles. The van der Waals surface area contributed by atoms with Crippen molar-refractivity contribution >= 4 is 17.9 Å². The van der Waals surface area contributed by atoms with Gasteiger partial charge >= 0.3 is 6.09 Å². The van der Waals surface area contributed by atoms with Gasteiger partial charge in [-0.2, -0.15) is 0 Å². The molecule has 8 heteroatoms. The number of carbonyl (C=O) groups is 3. The molecule has 3 N–H and O–H groups in total. The molecular weight excluding hydrogens is 434 g/mol. The lowest BCUT2D eigenvalue weighted by atomic mass is 9.97. The smallest absolute Gasteiger partial charge is 0.408 e. The van der Waals surface area contributed by atoms with E-state index in [2.05, 4.69) is 16.6 Å². The Labute approximate surface area is 203 Å². The van der Waals surface area contributed by atoms with Gasteiger partial charge in [-0.25, -0.2) is 4.79 Å². The minimum atomic E-state index is -1.29. The molecule has 0 saturated carbocycles. The predicted octanol–water partition coefficient (Wildman–Crippen LogP) is 3.14. The third-order valence-corrected chi connectivity index (χ3v) is 5.00. The highest BCUT2D eigenvalue weighted by atomic mass is 16.6. The maximum atomic E-state index is 13.6. The summed E-state index contributed by atoms with van der Waals surface area (Å²) in [5, 5.41) is 15.3. The van der Waals surface area contributed by atoms with E-state index >= 15 is 0 Å². The lowest BCUT2D eigenvalue weighted by molar-refractivity contribution is -0.143. The molecule has 188 valence electrons. The molecule has 1 aromatic rings. The molecule has 0 spiro atoms. The van der Waals surface area contributed by atoms with Crippen LogP contribution in [-0.4, -0.2) is 58.8 Å². The fourth-order valence-corrected chi connectivity index (χ4v) is 3.59. The molecule has 1 rings (SSSR count). The van der Waals surface area contributed by atoms with Crippen molar-refractivity contribution in [2.75, 3.05) is 13.2 Å². The molecular formula is C26H39N3O5. The maximum absolute atomic E-state index is 13.6. The minimum Gasteiger partial charge on any atom is -0.444 e. The Balaban J connectivity index is 3.42. The van der Waals surface area contributed by atoms with Crippen LogP contribution in [0.1, 0.15) is 78.0 Å². The SMILES string of the molecule is C#Cc1ccccc1C(C(=O)NC(C)CCC)N(CCC)C(=O)C(CO)NC(=O)OC(C)(C)C. The second kappa shape index (κ2) is 13.6. The third kappa shape index (κ3) is 8.71. The third-order valence-electron chi connectivity index (χ3n) is 5.00. The number of amides is 3. The Kier molecular flexibility index (Phi) is 11.6. The zero-order chi connectivity index (χ0) is 25.9. The second-order valence-electron chi connectivity index (χ2n) is 9.25. The van der Waals surface area contributed by atoms with Gasteiger partial charge in [0.25, 0.3) is 0 Å². The number of terminal acetylenes is 1. The zero-order valence-corrected chi connectivity index (χ0v) is 21.2. The molecule has 3 unspecified atom stereocenters. The Bertz CT molecular complexity index is 872. The van der Waals surface area contributed by atoms with Gasteiger partial charge < -0.3 is 25.4 Å². The molecule has 34 heavy (non-hydrogen) atoms. The van der Waals surface area contributed by atoms with E-state index < -0.39 is 36.3 Å². The summed E-state index contributed by atoms with van der Waals surface area (Å²) in [7, 11) is 0. The predicted molar refractivity (Wildman–Crippen MR) is 132 cm³/mol. The molecule has 0 aliphatic carbocycles. The van der Waals surface area contributed by atoms with Crippen LogP contribution in [0.2, 0.25) is 0 Å². The van der Waals surface area contributed by atoms with Gasteiger partial charge in [0.1, 0.15) is 17.7 Å². The molecule has 0 aromatic heterocycles. The first-order valence-electron chi connectivity index (χ1n) is 11.8. The summed E-state index contributed by atoms with van der Waals surface area (Å²) in [6, 6.07) is 4.52. The number of alkyl carbamates (subject to hydrolysis) is 1. The van der Waals surface area contributed by atoms with E-state index in [1.807, 2.05) is 20.8 Å². The van der Waals surface area contributed by atoms with Gasteiger partial charge in [0, 0.05) is 18.2 Å². The van der Waals surface area contributed by atoms with Crippen molar-refractivity contribution in [3.8, 4) is 12.3 Å². The average molecular weight is 474 g/mol. The van der Waals surface area contributed by atoms with Crippen LogP contribution in [0, 0.1) is 12.3 Å². The molecule has 0 saturated heterocycles. The molecule has 3 amide bonds. The zero-order valence-electron chi connectivity index (χ0n) is 21.2. The highest BCUT2D eigenvalue weighted by Gasteiger charge is 2.36. The van der Waals surface area contributed by atoms with Crippen molar-refractivity contribution < 1.29 is 24.2 Å². The Hall–Kier alpha value is -3.05. The number of hydrogen-bond donors (Lipinski definition) is 3.